The van der Waals surface area contributed by atoms with E-state index >= 15 is 0 Å². The van der Waals surface area contributed by atoms with Crippen molar-refractivity contribution in [2.75, 3.05) is 7.05 Å². The summed E-state index contributed by atoms with van der Waals surface area (Å²) in [5.41, 5.74) is 5.45. The van der Waals surface area contributed by atoms with Gasteiger partial charge in [-0.15, -0.1) is 0 Å². The van der Waals surface area contributed by atoms with Crippen molar-refractivity contribution in [1.82, 2.24) is 10.3 Å². The van der Waals surface area contributed by atoms with Crippen molar-refractivity contribution in [2.45, 2.75) is 38.6 Å². The van der Waals surface area contributed by atoms with Crippen LogP contribution in [0.25, 0.3) is 10.9 Å². The van der Waals surface area contributed by atoms with E-state index in [4.69, 9.17) is 4.98 Å². The minimum Gasteiger partial charge on any atom is -0.313 e. The molecule has 2 aromatic rings. The van der Waals surface area contributed by atoms with Crippen LogP contribution in [0.5, 0.6) is 0 Å². The highest BCUT2D eigenvalue weighted by Gasteiger charge is 2.20. The molecule has 3 rings (SSSR count). The number of pyridine rings is 1. The largest absolute Gasteiger partial charge is 0.313 e. The summed E-state index contributed by atoms with van der Waals surface area (Å²) in [6, 6.07) is 8.93. The number of benzene rings is 1. The van der Waals surface area contributed by atoms with Crippen LogP contribution < -0.4 is 5.32 Å². The summed E-state index contributed by atoms with van der Waals surface area (Å²) in [4.78, 5) is 4.87. The maximum atomic E-state index is 4.87. The first-order valence-electron chi connectivity index (χ1n) is 6.89. The van der Waals surface area contributed by atoms with Crippen LogP contribution >= 0.6 is 0 Å². The van der Waals surface area contributed by atoms with Crippen molar-refractivity contribution in [2.24, 2.45) is 0 Å². The van der Waals surface area contributed by atoms with Crippen LogP contribution in [0.2, 0.25) is 0 Å². The van der Waals surface area contributed by atoms with Crippen LogP contribution in [0.3, 0.4) is 0 Å². The zero-order chi connectivity index (χ0) is 12.5. The van der Waals surface area contributed by atoms with E-state index in [1.54, 1.807) is 0 Å². The molecule has 0 spiro atoms. The summed E-state index contributed by atoms with van der Waals surface area (Å²) in [6.07, 6.45) is 4.92. The lowest BCUT2D eigenvalue weighted by atomic mass is 9.87. The Hall–Kier alpha value is -1.41. The van der Waals surface area contributed by atoms with Crippen molar-refractivity contribution in [1.29, 1.82) is 0 Å². The Kier molecular flexibility index (Phi) is 3.04. The molecule has 0 fully saturated rings. The van der Waals surface area contributed by atoms with Crippen LogP contribution in [-0.4, -0.2) is 12.0 Å². The Labute approximate surface area is 108 Å². The summed E-state index contributed by atoms with van der Waals surface area (Å²) in [6.45, 7) is 2.25. The molecule has 1 atom stereocenters. The first-order chi connectivity index (χ1) is 8.81. The van der Waals surface area contributed by atoms with Crippen LogP contribution in [0.1, 0.15) is 42.6 Å². The smallest absolute Gasteiger partial charge is 0.0708 e. The fourth-order valence-corrected chi connectivity index (χ4v) is 3.05. The first kappa shape index (κ1) is 11.7. The van der Waals surface area contributed by atoms with Crippen LogP contribution in [-0.2, 0) is 12.8 Å². The van der Waals surface area contributed by atoms with Gasteiger partial charge < -0.3 is 5.32 Å². The Morgan fingerprint density at radius 1 is 1.17 bits per heavy atom. The zero-order valence-electron chi connectivity index (χ0n) is 11.2. The summed E-state index contributed by atoms with van der Waals surface area (Å²) in [7, 11) is 2.04. The molecule has 18 heavy (non-hydrogen) atoms. The fourth-order valence-electron chi connectivity index (χ4n) is 3.05. The van der Waals surface area contributed by atoms with Gasteiger partial charge in [-0.25, -0.2) is 0 Å². The molecule has 1 aromatic carbocycles. The fraction of sp³-hybridized carbons (Fsp3) is 0.438. The van der Waals surface area contributed by atoms with Gasteiger partial charge in [-0.1, -0.05) is 18.2 Å². The molecule has 1 heterocycles. The molecule has 1 aliphatic carbocycles. The van der Waals surface area contributed by atoms with Crippen LogP contribution in [0.15, 0.2) is 24.3 Å². The van der Waals surface area contributed by atoms with E-state index in [1.807, 2.05) is 7.05 Å². The number of rotatable bonds is 2. The Balaban J connectivity index is 2.32. The van der Waals surface area contributed by atoms with Gasteiger partial charge in [0.2, 0.25) is 0 Å². The predicted molar refractivity (Wildman–Crippen MR) is 75.9 cm³/mol. The molecule has 2 nitrogen and oxygen atoms in total. The number of hydrogen-bond donors (Lipinski definition) is 1. The number of aryl methyl sites for hydroxylation is 1. The lowest BCUT2D eigenvalue weighted by Gasteiger charge is -2.24. The highest BCUT2D eigenvalue weighted by molar-refractivity contribution is 5.84. The molecular weight excluding hydrogens is 220 g/mol. The summed E-state index contributed by atoms with van der Waals surface area (Å²) < 4.78 is 0. The lowest BCUT2D eigenvalue weighted by molar-refractivity contribution is 0.617. The number of fused-ring (bicyclic) bond motifs is 2. The molecule has 0 radical (unpaired) electrons. The number of para-hydroxylation sites is 1. The second kappa shape index (κ2) is 4.69. The topological polar surface area (TPSA) is 24.9 Å². The second-order valence-corrected chi connectivity index (χ2v) is 5.19. The average molecular weight is 240 g/mol. The number of nitrogens with one attached hydrogen (secondary N) is 1. The van der Waals surface area contributed by atoms with Gasteiger partial charge in [0.15, 0.2) is 0 Å². The Morgan fingerprint density at radius 3 is 2.78 bits per heavy atom. The molecule has 0 unspecified atom stereocenters. The standard InChI is InChI=1S/C16H20N2/c1-11(17-2)16-12-7-3-5-9-14(12)18-15-10-6-4-8-13(15)16/h3,5,7,9,11,17H,4,6,8,10H2,1-2H3/t11-/m0/s1. The molecule has 0 amide bonds. The van der Waals surface area contributed by atoms with Crippen LogP contribution in [0.4, 0.5) is 0 Å². The molecule has 1 aliphatic rings. The summed E-state index contributed by atoms with van der Waals surface area (Å²) in [5, 5.41) is 4.72. The van der Waals surface area contributed by atoms with E-state index in [-0.39, 0.29) is 0 Å². The van der Waals surface area contributed by atoms with Gasteiger partial charge in [0, 0.05) is 17.1 Å². The number of nitrogens with zero attached hydrogens (tertiary/aromatic N) is 1. The third-order valence-corrected chi connectivity index (χ3v) is 4.08. The summed E-state index contributed by atoms with van der Waals surface area (Å²) in [5.74, 6) is 0. The molecule has 0 aliphatic heterocycles. The third kappa shape index (κ3) is 1.81. The van der Waals surface area contributed by atoms with Gasteiger partial charge in [0.05, 0.1) is 5.52 Å². The van der Waals surface area contributed by atoms with Gasteiger partial charge >= 0.3 is 0 Å². The molecule has 1 aromatic heterocycles. The second-order valence-electron chi connectivity index (χ2n) is 5.19. The monoisotopic (exact) mass is 240 g/mol. The summed E-state index contributed by atoms with van der Waals surface area (Å²) >= 11 is 0. The number of hydrogen-bond acceptors (Lipinski definition) is 2. The SMILES string of the molecule is CN[C@@H](C)c1c2c(nc3ccccc13)CCCC2. The molecule has 0 saturated carbocycles. The van der Waals surface area contributed by atoms with Crippen molar-refractivity contribution in [3.63, 3.8) is 0 Å². The Bertz CT molecular complexity index is 575. The molecular formula is C16H20N2. The number of aromatic nitrogens is 1. The molecule has 0 bridgehead atoms. The van der Waals surface area contributed by atoms with Crippen molar-refractivity contribution in [3.05, 3.63) is 41.1 Å². The maximum Gasteiger partial charge on any atom is 0.0708 e. The third-order valence-electron chi connectivity index (χ3n) is 4.08. The molecule has 1 N–H and O–H groups in total. The van der Waals surface area contributed by atoms with Gasteiger partial charge in [0.1, 0.15) is 0 Å². The van der Waals surface area contributed by atoms with E-state index in [0.29, 0.717) is 6.04 Å². The van der Waals surface area contributed by atoms with E-state index in [2.05, 4.69) is 36.5 Å². The van der Waals surface area contributed by atoms with Gasteiger partial charge in [0.25, 0.3) is 0 Å². The van der Waals surface area contributed by atoms with Gasteiger partial charge in [-0.2, -0.15) is 0 Å². The molecule has 94 valence electrons. The van der Waals surface area contributed by atoms with Crippen LogP contribution in [0, 0.1) is 0 Å². The minimum absolute atomic E-state index is 0.393. The lowest BCUT2D eigenvalue weighted by Crippen LogP contribution is -2.18. The molecule has 2 heteroatoms. The van der Waals surface area contributed by atoms with E-state index < -0.39 is 0 Å². The predicted octanol–water partition coefficient (Wildman–Crippen LogP) is 3.39. The van der Waals surface area contributed by atoms with E-state index in [0.717, 1.165) is 11.9 Å². The first-order valence-corrected chi connectivity index (χ1v) is 6.89. The Morgan fingerprint density at radius 2 is 1.94 bits per heavy atom. The van der Waals surface area contributed by atoms with Gasteiger partial charge in [-0.05, 0) is 56.8 Å². The van der Waals surface area contributed by atoms with E-state index in [9.17, 15) is 0 Å². The van der Waals surface area contributed by atoms with Gasteiger partial charge in [-0.3, -0.25) is 4.98 Å². The van der Waals surface area contributed by atoms with Crippen molar-refractivity contribution >= 4 is 10.9 Å². The molecule has 0 saturated heterocycles. The average Bonchev–Trinajstić information content (AvgIpc) is 2.44. The maximum absolute atomic E-state index is 4.87. The van der Waals surface area contributed by atoms with Crippen molar-refractivity contribution < 1.29 is 0 Å². The quantitative estimate of drug-likeness (QED) is 0.870. The zero-order valence-corrected chi connectivity index (χ0v) is 11.2. The highest BCUT2D eigenvalue weighted by atomic mass is 14.9. The minimum atomic E-state index is 0.393. The van der Waals surface area contributed by atoms with Crippen molar-refractivity contribution in [3.8, 4) is 0 Å². The van der Waals surface area contributed by atoms with E-state index in [1.165, 1.54) is 41.5 Å². The normalized spacial score (nSPS) is 16.6. The highest BCUT2D eigenvalue weighted by Crippen LogP contribution is 2.32.